The normalized spacial score (nSPS) is 23.1. The average Bonchev–Trinajstić information content (AvgIpc) is 3.51. The average molecular weight is 758 g/mol. The molecule has 5 heterocycles. The molecule has 5 aliphatic heterocycles. The Morgan fingerprint density at radius 3 is 2.38 bits per heavy atom. The highest BCUT2D eigenvalue weighted by Crippen LogP contribution is 2.47. The number of hydrogen-bond donors (Lipinski definition) is 2. The lowest BCUT2D eigenvalue weighted by Gasteiger charge is -2.40. The number of rotatable bonds is 7. The van der Waals surface area contributed by atoms with E-state index in [2.05, 4.69) is 75.5 Å². The Labute approximate surface area is 326 Å². The second kappa shape index (κ2) is 14.9. The van der Waals surface area contributed by atoms with Crippen LogP contribution in [0.25, 0.3) is 0 Å². The number of nitrogens with zero attached hydrogens (tertiary/aromatic N) is 4. The molecule has 3 fully saturated rings. The number of carbonyl (C=O) groups excluding carboxylic acids is 3. The summed E-state index contributed by atoms with van der Waals surface area (Å²) < 4.78 is 21.7. The predicted octanol–water partition coefficient (Wildman–Crippen LogP) is 5.95. The number of anilines is 2. The van der Waals surface area contributed by atoms with Crippen LogP contribution in [0.4, 0.5) is 15.8 Å². The number of phenols is 1. The summed E-state index contributed by atoms with van der Waals surface area (Å²) >= 11 is 0. The molecule has 9 rings (SSSR count). The molecule has 4 aromatic carbocycles. The first-order chi connectivity index (χ1) is 27.2. The second-order valence-corrected chi connectivity index (χ2v) is 16.2. The van der Waals surface area contributed by atoms with E-state index in [0.29, 0.717) is 36.9 Å². The van der Waals surface area contributed by atoms with Crippen LogP contribution in [-0.4, -0.2) is 91.1 Å². The van der Waals surface area contributed by atoms with E-state index in [4.69, 9.17) is 4.74 Å². The summed E-state index contributed by atoms with van der Waals surface area (Å²) in [5, 5.41) is 12.5. The van der Waals surface area contributed by atoms with E-state index in [0.717, 1.165) is 62.4 Å². The van der Waals surface area contributed by atoms with Gasteiger partial charge < -0.3 is 24.5 Å². The van der Waals surface area contributed by atoms with Crippen molar-refractivity contribution in [1.29, 1.82) is 0 Å². The van der Waals surface area contributed by atoms with E-state index < -0.39 is 17.8 Å². The summed E-state index contributed by atoms with van der Waals surface area (Å²) in [6, 6.07) is 25.6. The number of amides is 3. The summed E-state index contributed by atoms with van der Waals surface area (Å²) in [6.07, 6.45) is 2.70. The van der Waals surface area contributed by atoms with Crippen LogP contribution in [0.15, 0.2) is 78.9 Å². The fourth-order valence-electron chi connectivity index (χ4n) is 9.62. The first kappa shape index (κ1) is 36.2. The number of piperazine rings is 1. The first-order valence-corrected chi connectivity index (χ1v) is 20.0. The number of aromatic hydroxyl groups is 1. The molecule has 3 saturated heterocycles. The van der Waals surface area contributed by atoms with Gasteiger partial charge in [0.1, 0.15) is 23.4 Å². The van der Waals surface area contributed by atoms with Gasteiger partial charge in [-0.15, -0.1) is 0 Å². The van der Waals surface area contributed by atoms with Gasteiger partial charge in [-0.25, -0.2) is 4.39 Å². The third-order valence-corrected chi connectivity index (χ3v) is 12.7. The molecule has 0 bridgehead atoms. The topological polar surface area (TPSA) is 106 Å². The molecular formula is C45H48FN5O5. The highest BCUT2D eigenvalue weighted by molar-refractivity contribution is 6.05. The summed E-state index contributed by atoms with van der Waals surface area (Å²) in [7, 11) is 0. The van der Waals surface area contributed by atoms with Crippen molar-refractivity contribution < 1.29 is 28.6 Å². The van der Waals surface area contributed by atoms with Crippen molar-refractivity contribution in [3.8, 4) is 11.5 Å². The van der Waals surface area contributed by atoms with Gasteiger partial charge in [0.25, 0.3) is 5.91 Å². The second-order valence-electron chi connectivity index (χ2n) is 16.2. The molecule has 3 amide bonds. The lowest BCUT2D eigenvalue weighted by molar-refractivity contribution is -0.136. The molecule has 0 unspecified atom stereocenters. The van der Waals surface area contributed by atoms with Crippen LogP contribution < -0.4 is 19.9 Å². The zero-order valence-corrected chi connectivity index (χ0v) is 31.8. The number of piperidine rings is 2. The van der Waals surface area contributed by atoms with Crippen LogP contribution in [-0.2, 0) is 16.1 Å². The Bertz CT molecular complexity index is 2160. The maximum absolute atomic E-state index is 15.5. The van der Waals surface area contributed by atoms with Crippen LogP contribution in [0, 0.1) is 18.7 Å². The third kappa shape index (κ3) is 6.97. The molecular weight excluding hydrogens is 710 g/mol. The highest BCUT2D eigenvalue weighted by Gasteiger charge is 2.40. The van der Waals surface area contributed by atoms with Crippen molar-refractivity contribution in [2.45, 2.75) is 57.0 Å². The molecule has 10 nitrogen and oxygen atoms in total. The number of ether oxygens (including phenoxy) is 1. The molecule has 290 valence electrons. The fraction of sp³-hybridized carbons (Fsp3) is 0.400. The molecule has 3 atom stereocenters. The SMILES string of the molecule is Cc1cccc([C@H]2COc3cc(O)ccc3[C@H]2c2ccc(N3CCC(CN4CCN(c5cc6c(cc5F)C(=O)N([C@H]5CCC(=O)NC5=O)C6)CC4)CC3)cc2)c1. The summed E-state index contributed by atoms with van der Waals surface area (Å²) in [4.78, 5) is 45.8. The Hall–Kier alpha value is -5.42. The van der Waals surface area contributed by atoms with Crippen molar-refractivity contribution in [1.82, 2.24) is 15.1 Å². The number of halogens is 1. The Morgan fingerprint density at radius 2 is 1.62 bits per heavy atom. The minimum atomic E-state index is -0.716. The Morgan fingerprint density at radius 1 is 0.839 bits per heavy atom. The van der Waals surface area contributed by atoms with Crippen LogP contribution in [0.1, 0.15) is 75.7 Å². The van der Waals surface area contributed by atoms with Crippen molar-refractivity contribution in [3.63, 3.8) is 0 Å². The zero-order valence-electron chi connectivity index (χ0n) is 31.8. The van der Waals surface area contributed by atoms with Crippen molar-refractivity contribution >= 4 is 29.1 Å². The smallest absolute Gasteiger partial charge is 0.255 e. The number of fused-ring (bicyclic) bond motifs is 2. The predicted molar refractivity (Wildman–Crippen MR) is 212 cm³/mol. The van der Waals surface area contributed by atoms with Crippen LogP contribution >= 0.6 is 0 Å². The fourth-order valence-corrected chi connectivity index (χ4v) is 9.62. The molecule has 0 saturated carbocycles. The number of carbonyl (C=O) groups is 3. The molecule has 0 aromatic heterocycles. The highest BCUT2D eigenvalue weighted by atomic mass is 19.1. The van der Waals surface area contributed by atoms with Gasteiger partial charge in [-0.05, 0) is 79.1 Å². The molecule has 0 radical (unpaired) electrons. The van der Waals surface area contributed by atoms with Gasteiger partial charge in [0.2, 0.25) is 11.8 Å². The largest absolute Gasteiger partial charge is 0.508 e. The maximum Gasteiger partial charge on any atom is 0.255 e. The minimum Gasteiger partial charge on any atom is -0.508 e. The van der Waals surface area contributed by atoms with Crippen molar-refractivity contribution in [3.05, 3.63) is 118 Å². The molecule has 0 spiro atoms. The molecule has 0 aliphatic carbocycles. The number of hydrogen-bond acceptors (Lipinski definition) is 8. The first-order valence-electron chi connectivity index (χ1n) is 20.0. The maximum atomic E-state index is 15.5. The molecule has 4 aromatic rings. The third-order valence-electron chi connectivity index (χ3n) is 12.7. The van der Waals surface area contributed by atoms with Gasteiger partial charge in [0, 0.05) is 93.5 Å². The number of nitrogens with one attached hydrogen (secondary N) is 1. The van der Waals surface area contributed by atoms with Gasteiger partial charge in [-0.3, -0.25) is 24.6 Å². The van der Waals surface area contributed by atoms with E-state index in [9.17, 15) is 19.5 Å². The van der Waals surface area contributed by atoms with Gasteiger partial charge in [0.15, 0.2) is 0 Å². The number of aryl methyl sites for hydroxylation is 1. The number of imide groups is 1. The van der Waals surface area contributed by atoms with Crippen LogP contribution in [0.3, 0.4) is 0 Å². The summed E-state index contributed by atoms with van der Waals surface area (Å²) in [5.41, 5.74) is 7.60. The zero-order chi connectivity index (χ0) is 38.5. The van der Waals surface area contributed by atoms with Crippen LogP contribution in [0.2, 0.25) is 0 Å². The van der Waals surface area contributed by atoms with E-state index in [-0.39, 0.29) is 48.8 Å². The molecule has 56 heavy (non-hydrogen) atoms. The van der Waals surface area contributed by atoms with E-state index >= 15 is 4.39 Å². The van der Waals surface area contributed by atoms with Crippen molar-refractivity contribution in [2.75, 3.05) is 62.2 Å². The van der Waals surface area contributed by atoms with E-state index in [1.807, 2.05) is 6.07 Å². The molecule has 5 aliphatic rings. The van der Waals surface area contributed by atoms with Gasteiger partial charge in [-0.2, -0.15) is 0 Å². The summed E-state index contributed by atoms with van der Waals surface area (Å²) in [5.74, 6) is 0.265. The molecule has 11 heteroatoms. The molecule has 2 N–H and O–H groups in total. The van der Waals surface area contributed by atoms with Gasteiger partial charge >= 0.3 is 0 Å². The Balaban J connectivity index is 0.794. The van der Waals surface area contributed by atoms with E-state index in [1.54, 1.807) is 18.2 Å². The number of benzene rings is 4. The number of phenolic OH excluding ortho intramolecular Hbond substituents is 1. The van der Waals surface area contributed by atoms with E-state index in [1.165, 1.54) is 33.3 Å². The quantitative estimate of drug-likeness (QED) is 0.223. The standard InChI is InChI=1S/C45H48FN5O5/c1-28-3-2-4-31(21-28)37-27-56-41-23-34(52)9-10-35(41)43(37)30-5-7-33(8-6-30)49-15-13-29(14-16-49)25-48-17-19-50(20-18-48)40-22-32-26-51(45(55)36(32)24-38(40)46)39-11-12-42(53)47-44(39)54/h2-10,21-24,29,37,39,43,52H,11-20,25-27H2,1H3,(H,47,53,54)/t37-,39+,43-/m1/s1. The lowest BCUT2D eigenvalue weighted by Crippen LogP contribution is -2.52. The Kier molecular flexibility index (Phi) is 9.65. The minimum absolute atomic E-state index is 0.111. The van der Waals surface area contributed by atoms with Crippen molar-refractivity contribution in [2.24, 2.45) is 5.92 Å². The van der Waals surface area contributed by atoms with Crippen LogP contribution in [0.5, 0.6) is 11.5 Å². The van der Waals surface area contributed by atoms with Gasteiger partial charge in [-0.1, -0.05) is 48.0 Å². The lowest BCUT2D eigenvalue weighted by atomic mass is 9.75. The summed E-state index contributed by atoms with van der Waals surface area (Å²) in [6.45, 7) is 9.05. The monoisotopic (exact) mass is 757 g/mol. The van der Waals surface area contributed by atoms with Gasteiger partial charge in [0.05, 0.1) is 12.3 Å².